The van der Waals surface area contributed by atoms with Crippen LogP contribution in [0.25, 0.3) is 0 Å². The number of methoxy groups -OCH3 is 3. The van der Waals surface area contributed by atoms with Gasteiger partial charge < -0.3 is 40.0 Å². The van der Waals surface area contributed by atoms with Gasteiger partial charge in [0.2, 0.25) is 11.8 Å². The van der Waals surface area contributed by atoms with E-state index in [1.807, 2.05) is 50.2 Å². The second-order valence-corrected chi connectivity index (χ2v) is 12.3. The SMILES string of the molecule is COCCNC(=O)[C@@H](NC(=O)[C@H](Cc1ccc(OC)cc1OC)C[C@H](O)[C@H](Cc1ccccc1)NC(=O)OC(C)(C)C)C(C)C. The van der Waals surface area contributed by atoms with Crippen LogP contribution in [0.1, 0.15) is 52.2 Å². The summed E-state index contributed by atoms with van der Waals surface area (Å²) in [5.74, 6) is -0.638. The smallest absolute Gasteiger partial charge is 0.407 e. The highest BCUT2D eigenvalue weighted by atomic mass is 16.6. The number of carbonyl (C=O) groups excluding carboxylic acids is 3. The maximum Gasteiger partial charge on any atom is 0.407 e. The van der Waals surface area contributed by atoms with Crippen LogP contribution in [0.3, 0.4) is 0 Å². The van der Waals surface area contributed by atoms with Gasteiger partial charge in [0.25, 0.3) is 0 Å². The first-order valence-corrected chi connectivity index (χ1v) is 15.3. The first-order valence-electron chi connectivity index (χ1n) is 15.3. The number of alkyl carbamates (subject to hydrolysis) is 1. The van der Waals surface area contributed by atoms with Crippen LogP contribution < -0.4 is 25.4 Å². The predicted molar refractivity (Wildman–Crippen MR) is 172 cm³/mol. The topological polar surface area (TPSA) is 144 Å². The number of aliphatic hydroxyl groups excluding tert-OH is 1. The summed E-state index contributed by atoms with van der Waals surface area (Å²) in [6.07, 6.45) is -1.35. The Kier molecular flexibility index (Phi) is 15.1. The Morgan fingerprint density at radius 3 is 2.16 bits per heavy atom. The molecule has 2 rings (SSSR count). The fourth-order valence-corrected chi connectivity index (χ4v) is 4.83. The third-order valence-corrected chi connectivity index (χ3v) is 7.17. The molecular formula is C34H51N3O8. The minimum Gasteiger partial charge on any atom is -0.497 e. The predicted octanol–water partition coefficient (Wildman–Crippen LogP) is 3.65. The van der Waals surface area contributed by atoms with E-state index < -0.39 is 41.7 Å². The zero-order valence-corrected chi connectivity index (χ0v) is 27.8. The maximum atomic E-state index is 13.9. The van der Waals surface area contributed by atoms with E-state index in [9.17, 15) is 19.5 Å². The van der Waals surface area contributed by atoms with Gasteiger partial charge in [-0.2, -0.15) is 0 Å². The van der Waals surface area contributed by atoms with Gasteiger partial charge >= 0.3 is 6.09 Å². The fraction of sp³-hybridized carbons (Fsp3) is 0.559. The number of hydrogen-bond acceptors (Lipinski definition) is 8. The van der Waals surface area contributed by atoms with Crippen molar-refractivity contribution in [2.75, 3.05) is 34.5 Å². The minimum absolute atomic E-state index is 0.0234. The molecule has 0 aliphatic rings. The highest BCUT2D eigenvalue weighted by Gasteiger charge is 2.33. The number of hydrogen-bond donors (Lipinski definition) is 4. The van der Waals surface area contributed by atoms with E-state index in [1.54, 1.807) is 47.1 Å². The lowest BCUT2D eigenvalue weighted by Crippen LogP contribution is -2.53. The van der Waals surface area contributed by atoms with Gasteiger partial charge in [-0.25, -0.2) is 4.79 Å². The number of aliphatic hydroxyl groups is 1. The van der Waals surface area contributed by atoms with Gasteiger partial charge in [0.05, 0.1) is 33.0 Å². The average molecular weight is 630 g/mol. The molecule has 2 aromatic rings. The van der Waals surface area contributed by atoms with Crippen molar-refractivity contribution in [1.29, 1.82) is 0 Å². The van der Waals surface area contributed by atoms with Gasteiger partial charge in [-0.15, -0.1) is 0 Å². The van der Waals surface area contributed by atoms with E-state index in [0.717, 1.165) is 11.1 Å². The molecule has 4 atom stereocenters. The third kappa shape index (κ3) is 13.0. The Morgan fingerprint density at radius 2 is 1.58 bits per heavy atom. The van der Waals surface area contributed by atoms with Crippen LogP contribution in [0.5, 0.6) is 11.5 Å². The maximum absolute atomic E-state index is 13.9. The summed E-state index contributed by atoms with van der Waals surface area (Å²) >= 11 is 0. The molecule has 45 heavy (non-hydrogen) atoms. The van der Waals surface area contributed by atoms with Crippen LogP contribution in [0.2, 0.25) is 0 Å². The molecule has 0 saturated carbocycles. The largest absolute Gasteiger partial charge is 0.497 e. The van der Waals surface area contributed by atoms with Crippen molar-refractivity contribution >= 4 is 17.9 Å². The summed E-state index contributed by atoms with van der Waals surface area (Å²) in [6, 6.07) is 13.2. The van der Waals surface area contributed by atoms with Crippen LogP contribution in [0.15, 0.2) is 48.5 Å². The molecule has 2 aromatic carbocycles. The van der Waals surface area contributed by atoms with Crippen LogP contribution in [0, 0.1) is 11.8 Å². The zero-order chi connectivity index (χ0) is 33.6. The molecule has 11 heteroatoms. The first-order chi connectivity index (χ1) is 21.3. The van der Waals surface area contributed by atoms with E-state index in [1.165, 1.54) is 7.11 Å². The van der Waals surface area contributed by atoms with Gasteiger partial charge in [0.1, 0.15) is 23.1 Å². The van der Waals surface area contributed by atoms with Crippen LogP contribution in [-0.2, 0) is 31.9 Å². The Hall–Kier alpha value is -3.83. The highest BCUT2D eigenvalue weighted by Crippen LogP contribution is 2.29. The van der Waals surface area contributed by atoms with Crippen molar-refractivity contribution in [1.82, 2.24) is 16.0 Å². The molecule has 11 nitrogen and oxygen atoms in total. The molecule has 0 heterocycles. The molecule has 3 amide bonds. The van der Waals surface area contributed by atoms with Crippen molar-refractivity contribution < 1.29 is 38.4 Å². The van der Waals surface area contributed by atoms with Gasteiger partial charge in [0.15, 0.2) is 0 Å². The number of amides is 3. The Balaban J connectivity index is 2.41. The molecule has 0 spiro atoms. The van der Waals surface area contributed by atoms with Gasteiger partial charge in [-0.1, -0.05) is 50.2 Å². The molecule has 0 unspecified atom stereocenters. The molecule has 0 aliphatic heterocycles. The van der Waals surface area contributed by atoms with E-state index in [-0.39, 0.29) is 24.7 Å². The zero-order valence-electron chi connectivity index (χ0n) is 27.8. The van der Waals surface area contributed by atoms with Crippen molar-refractivity contribution in [2.45, 2.75) is 77.7 Å². The molecular weight excluding hydrogens is 578 g/mol. The summed E-state index contributed by atoms with van der Waals surface area (Å²) < 4.78 is 21.4. The second-order valence-electron chi connectivity index (χ2n) is 12.3. The van der Waals surface area contributed by atoms with Crippen molar-refractivity contribution in [3.63, 3.8) is 0 Å². The van der Waals surface area contributed by atoms with E-state index in [4.69, 9.17) is 18.9 Å². The Bertz CT molecular complexity index is 1220. The average Bonchev–Trinajstić information content (AvgIpc) is 2.98. The lowest BCUT2D eigenvalue weighted by molar-refractivity contribution is -0.132. The van der Waals surface area contributed by atoms with Gasteiger partial charge in [-0.05, 0) is 63.1 Å². The molecule has 0 saturated heterocycles. The molecule has 0 aromatic heterocycles. The monoisotopic (exact) mass is 629 g/mol. The number of carbonyl (C=O) groups is 3. The van der Waals surface area contributed by atoms with E-state index in [2.05, 4.69) is 16.0 Å². The molecule has 0 fully saturated rings. The molecule has 250 valence electrons. The summed E-state index contributed by atoms with van der Waals surface area (Å²) in [5, 5.41) is 20.1. The van der Waals surface area contributed by atoms with Crippen molar-refractivity contribution in [3.05, 3.63) is 59.7 Å². The quantitative estimate of drug-likeness (QED) is 0.194. The minimum atomic E-state index is -1.15. The van der Waals surface area contributed by atoms with Crippen LogP contribution in [0.4, 0.5) is 4.79 Å². The summed E-state index contributed by atoms with van der Waals surface area (Å²) in [5.41, 5.74) is 0.870. The molecule has 0 radical (unpaired) electrons. The lowest BCUT2D eigenvalue weighted by Gasteiger charge is -2.30. The van der Waals surface area contributed by atoms with E-state index >= 15 is 0 Å². The Morgan fingerprint density at radius 1 is 0.889 bits per heavy atom. The number of ether oxygens (including phenoxy) is 4. The van der Waals surface area contributed by atoms with E-state index in [0.29, 0.717) is 31.1 Å². The Labute approximate surface area is 267 Å². The fourth-order valence-electron chi connectivity index (χ4n) is 4.83. The number of benzene rings is 2. The molecule has 0 bridgehead atoms. The van der Waals surface area contributed by atoms with Gasteiger partial charge in [0, 0.05) is 25.6 Å². The molecule has 0 aliphatic carbocycles. The number of rotatable bonds is 17. The van der Waals surface area contributed by atoms with Crippen LogP contribution >= 0.6 is 0 Å². The van der Waals surface area contributed by atoms with Crippen molar-refractivity contribution in [2.24, 2.45) is 11.8 Å². The summed E-state index contributed by atoms with van der Waals surface area (Å²) in [4.78, 5) is 39.7. The lowest BCUT2D eigenvalue weighted by atomic mass is 9.88. The van der Waals surface area contributed by atoms with Crippen LogP contribution in [-0.4, -0.2) is 81.3 Å². The standard InChI is InChI=1S/C34H51N3O8/c1-22(2)30(32(40)35-16-17-42-6)37-31(39)25(19-24-14-15-26(43-7)21-29(24)44-8)20-28(38)27(18-23-12-10-9-11-13-23)36-33(41)45-34(3,4)5/h9-15,21-22,25,27-28,30,38H,16-20H2,1-8H3,(H,35,40)(H,36,41)(H,37,39)/t25-,27+,28+,30+/m1/s1. The summed E-state index contributed by atoms with van der Waals surface area (Å²) in [6.45, 7) is 9.61. The van der Waals surface area contributed by atoms with Crippen molar-refractivity contribution in [3.8, 4) is 11.5 Å². The van der Waals surface area contributed by atoms with Gasteiger partial charge in [-0.3, -0.25) is 9.59 Å². The molecule has 4 N–H and O–H groups in total. The number of nitrogens with one attached hydrogen (secondary N) is 3. The third-order valence-electron chi connectivity index (χ3n) is 7.17. The summed E-state index contributed by atoms with van der Waals surface area (Å²) in [7, 11) is 4.62. The first kappa shape index (κ1) is 37.4. The normalized spacial score (nSPS) is 14.1. The second kappa shape index (κ2) is 18.2. The highest BCUT2D eigenvalue weighted by molar-refractivity contribution is 5.88.